The average molecular weight is 289 g/mol. The lowest BCUT2D eigenvalue weighted by atomic mass is 9.88. The van der Waals surface area contributed by atoms with Gasteiger partial charge in [-0.05, 0) is 29.7 Å². The monoisotopic (exact) mass is 289 g/mol. The van der Waals surface area contributed by atoms with Crippen molar-refractivity contribution < 1.29 is 22.7 Å². The van der Waals surface area contributed by atoms with Crippen LogP contribution >= 0.6 is 0 Å². The number of carbonyl (C=O) groups is 1. The third kappa shape index (κ3) is 4.00. The highest BCUT2D eigenvalue weighted by atomic mass is 32.2. The summed E-state index contributed by atoms with van der Waals surface area (Å²) in [5.41, 5.74) is -0.793. The van der Waals surface area contributed by atoms with Crippen molar-refractivity contribution in [1.29, 1.82) is 0 Å². The predicted molar refractivity (Wildman–Crippen MR) is 67.6 cm³/mol. The van der Waals surface area contributed by atoms with Crippen LogP contribution < -0.4 is 4.72 Å². The Labute approximate surface area is 111 Å². The molecule has 1 atom stereocenters. The van der Waals surface area contributed by atoms with E-state index in [1.165, 1.54) is 0 Å². The quantitative estimate of drug-likeness (QED) is 0.882. The van der Waals surface area contributed by atoms with Crippen LogP contribution in [0.2, 0.25) is 0 Å². The van der Waals surface area contributed by atoms with E-state index in [9.17, 15) is 17.6 Å². The maximum atomic E-state index is 12.7. The Bertz CT molecular complexity index is 560. The highest BCUT2D eigenvalue weighted by molar-refractivity contribution is 7.89. The molecule has 0 aliphatic carbocycles. The Hall–Kier alpha value is -1.47. The van der Waals surface area contributed by atoms with Gasteiger partial charge in [-0.15, -0.1) is 0 Å². The summed E-state index contributed by atoms with van der Waals surface area (Å²) >= 11 is 0. The van der Waals surface area contributed by atoms with Gasteiger partial charge in [0.2, 0.25) is 10.0 Å². The van der Waals surface area contributed by atoms with E-state index in [1.54, 1.807) is 20.8 Å². The molecule has 5 nitrogen and oxygen atoms in total. The number of halogens is 1. The largest absolute Gasteiger partial charge is 0.480 e. The molecule has 0 radical (unpaired) electrons. The topological polar surface area (TPSA) is 83.5 Å². The number of nitrogens with one attached hydrogen (secondary N) is 1. The minimum absolute atomic E-state index is 0.176. The lowest BCUT2D eigenvalue weighted by molar-refractivity contribution is -0.141. The fourth-order valence-electron chi connectivity index (χ4n) is 1.43. The summed E-state index contributed by atoms with van der Waals surface area (Å²) in [7, 11) is -4.00. The molecule has 0 amide bonds. The first-order valence-electron chi connectivity index (χ1n) is 5.55. The number of hydrogen-bond donors (Lipinski definition) is 2. The van der Waals surface area contributed by atoms with Crippen molar-refractivity contribution in [3.05, 3.63) is 30.1 Å². The molecule has 1 unspecified atom stereocenters. The zero-order valence-electron chi connectivity index (χ0n) is 10.8. The highest BCUT2D eigenvalue weighted by Gasteiger charge is 2.35. The van der Waals surface area contributed by atoms with E-state index in [1.807, 2.05) is 0 Å². The Balaban J connectivity index is 3.08. The number of carboxylic acids is 1. The molecule has 1 aromatic carbocycles. The maximum absolute atomic E-state index is 12.7. The molecule has 0 saturated carbocycles. The summed E-state index contributed by atoms with van der Waals surface area (Å²) in [4.78, 5) is 10.9. The van der Waals surface area contributed by atoms with Crippen molar-refractivity contribution in [3.63, 3.8) is 0 Å². The van der Waals surface area contributed by atoms with Crippen molar-refractivity contribution in [3.8, 4) is 0 Å². The Kier molecular flexibility index (Phi) is 4.32. The summed E-state index contributed by atoms with van der Waals surface area (Å²) in [6.45, 7) is 4.83. The number of carboxylic acid groups (broad SMARTS) is 1. The molecule has 7 heteroatoms. The van der Waals surface area contributed by atoms with Crippen molar-refractivity contribution in [2.45, 2.75) is 31.7 Å². The van der Waals surface area contributed by atoms with Crippen LogP contribution in [0.5, 0.6) is 0 Å². The SMILES string of the molecule is CC(C)(C)C(NS(=O)(=O)c1ccc(F)cc1)C(=O)O. The van der Waals surface area contributed by atoms with Crippen molar-refractivity contribution in [2.24, 2.45) is 5.41 Å². The van der Waals surface area contributed by atoms with Gasteiger partial charge in [-0.3, -0.25) is 4.79 Å². The smallest absolute Gasteiger partial charge is 0.322 e. The fourth-order valence-corrected chi connectivity index (χ4v) is 2.83. The summed E-state index contributed by atoms with van der Waals surface area (Å²) in [6.07, 6.45) is 0. The predicted octanol–water partition coefficient (Wildman–Crippen LogP) is 1.60. The molecule has 0 heterocycles. The van der Waals surface area contributed by atoms with Gasteiger partial charge in [0.15, 0.2) is 0 Å². The van der Waals surface area contributed by atoms with Crippen LogP contribution in [0.1, 0.15) is 20.8 Å². The molecule has 0 fully saturated rings. The minimum atomic E-state index is -4.00. The molecule has 0 bridgehead atoms. The van der Waals surface area contributed by atoms with Crippen LogP contribution in [-0.4, -0.2) is 25.5 Å². The molecule has 0 spiro atoms. The molecule has 1 rings (SSSR count). The Morgan fingerprint density at radius 2 is 1.74 bits per heavy atom. The first kappa shape index (κ1) is 15.6. The Morgan fingerprint density at radius 1 is 1.26 bits per heavy atom. The number of aliphatic carboxylic acids is 1. The first-order valence-corrected chi connectivity index (χ1v) is 7.03. The molecule has 19 heavy (non-hydrogen) atoms. The normalized spacial score (nSPS) is 14.1. The van der Waals surface area contributed by atoms with Gasteiger partial charge in [0, 0.05) is 0 Å². The van der Waals surface area contributed by atoms with Crippen LogP contribution in [0.25, 0.3) is 0 Å². The third-order valence-corrected chi connectivity index (χ3v) is 3.95. The van der Waals surface area contributed by atoms with Crippen LogP contribution in [-0.2, 0) is 14.8 Å². The van der Waals surface area contributed by atoms with Gasteiger partial charge in [-0.1, -0.05) is 20.8 Å². The van der Waals surface area contributed by atoms with Crippen molar-refractivity contribution >= 4 is 16.0 Å². The molecule has 0 aliphatic heterocycles. The second-order valence-corrected chi connectivity index (χ2v) is 6.93. The lowest BCUT2D eigenvalue weighted by Crippen LogP contribution is -2.48. The second kappa shape index (κ2) is 5.26. The van der Waals surface area contributed by atoms with Gasteiger partial charge in [0.1, 0.15) is 11.9 Å². The third-order valence-electron chi connectivity index (χ3n) is 2.51. The number of benzene rings is 1. The van der Waals surface area contributed by atoms with Crippen LogP contribution in [0.3, 0.4) is 0 Å². The number of hydrogen-bond acceptors (Lipinski definition) is 3. The van der Waals surface area contributed by atoms with Crippen LogP contribution in [0.4, 0.5) is 4.39 Å². The summed E-state index contributed by atoms with van der Waals surface area (Å²) in [5.74, 6) is -1.83. The molecular weight excluding hydrogens is 273 g/mol. The van der Waals surface area contributed by atoms with E-state index in [-0.39, 0.29) is 4.90 Å². The lowest BCUT2D eigenvalue weighted by Gasteiger charge is -2.27. The molecule has 0 saturated heterocycles. The van der Waals surface area contributed by atoms with Crippen LogP contribution in [0.15, 0.2) is 29.2 Å². The highest BCUT2D eigenvalue weighted by Crippen LogP contribution is 2.21. The zero-order valence-corrected chi connectivity index (χ0v) is 11.7. The summed E-state index contributed by atoms with van der Waals surface area (Å²) < 4.78 is 38.9. The van der Waals surface area contributed by atoms with Gasteiger partial charge < -0.3 is 5.11 Å². The number of sulfonamides is 1. The van der Waals surface area contributed by atoms with Gasteiger partial charge in [0.05, 0.1) is 4.90 Å². The van der Waals surface area contributed by atoms with E-state index >= 15 is 0 Å². The van der Waals surface area contributed by atoms with Gasteiger partial charge in [-0.2, -0.15) is 4.72 Å². The van der Waals surface area contributed by atoms with Gasteiger partial charge in [0.25, 0.3) is 0 Å². The van der Waals surface area contributed by atoms with E-state index in [0.717, 1.165) is 24.3 Å². The molecule has 106 valence electrons. The van der Waals surface area contributed by atoms with Crippen molar-refractivity contribution in [1.82, 2.24) is 4.72 Å². The fraction of sp³-hybridized carbons (Fsp3) is 0.417. The second-order valence-electron chi connectivity index (χ2n) is 5.21. The molecule has 0 aromatic heterocycles. The summed E-state index contributed by atoms with van der Waals surface area (Å²) in [6, 6.07) is 2.89. The maximum Gasteiger partial charge on any atom is 0.322 e. The minimum Gasteiger partial charge on any atom is -0.480 e. The van der Waals surface area contributed by atoms with E-state index in [0.29, 0.717) is 0 Å². The zero-order chi connectivity index (χ0) is 14.8. The van der Waals surface area contributed by atoms with E-state index in [4.69, 9.17) is 5.11 Å². The standard InChI is InChI=1S/C12H16FNO4S/c1-12(2,3)10(11(15)16)14-19(17,18)9-6-4-8(13)5-7-9/h4-7,10,14H,1-3H3,(H,15,16). The molecular formula is C12H16FNO4S. The molecule has 1 aromatic rings. The Morgan fingerprint density at radius 3 is 2.11 bits per heavy atom. The summed E-state index contributed by atoms with van der Waals surface area (Å²) in [5, 5.41) is 9.08. The van der Waals surface area contributed by atoms with Gasteiger partial charge >= 0.3 is 5.97 Å². The number of rotatable bonds is 4. The van der Waals surface area contributed by atoms with E-state index < -0.39 is 33.3 Å². The van der Waals surface area contributed by atoms with Crippen molar-refractivity contribution in [2.75, 3.05) is 0 Å². The average Bonchev–Trinajstić information content (AvgIpc) is 2.24. The molecule has 0 aliphatic rings. The first-order chi connectivity index (χ1) is 8.54. The van der Waals surface area contributed by atoms with Crippen LogP contribution in [0, 0.1) is 11.2 Å². The molecule has 2 N–H and O–H groups in total. The van der Waals surface area contributed by atoms with Gasteiger partial charge in [-0.25, -0.2) is 12.8 Å². The van der Waals surface area contributed by atoms with E-state index in [2.05, 4.69) is 4.72 Å².